The molecule has 4 heteroatoms. The van der Waals surface area contributed by atoms with Crippen LogP contribution in [0, 0.1) is 5.92 Å². The molecule has 1 aromatic rings. The normalized spacial score (nSPS) is 17.9. The van der Waals surface area contributed by atoms with E-state index in [0.717, 1.165) is 45.0 Å². The Morgan fingerprint density at radius 2 is 2.15 bits per heavy atom. The summed E-state index contributed by atoms with van der Waals surface area (Å²) in [7, 11) is 0. The van der Waals surface area contributed by atoms with Crippen LogP contribution in [0.15, 0.2) is 18.2 Å². The number of halogens is 1. The number of benzene rings is 1. The Morgan fingerprint density at radius 1 is 1.40 bits per heavy atom. The lowest BCUT2D eigenvalue weighted by atomic mass is 10.0. The summed E-state index contributed by atoms with van der Waals surface area (Å²) in [6.45, 7) is 7.61. The van der Waals surface area contributed by atoms with Crippen LogP contribution in [0.3, 0.4) is 0 Å². The van der Waals surface area contributed by atoms with Crippen molar-refractivity contribution in [3.63, 3.8) is 0 Å². The molecule has 112 valence electrons. The summed E-state index contributed by atoms with van der Waals surface area (Å²) >= 11 is 6.31. The average molecular weight is 298 g/mol. The fourth-order valence-electron chi connectivity index (χ4n) is 2.45. The summed E-state index contributed by atoms with van der Waals surface area (Å²) < 4.78 is 11.2. The molecule has 3 nitrogen and oxygen atoms in total. The Balaban J connectivity index is 1.91. The molecule has 0 aromatic heterocycles. The summed E-state index contributed by atoms with van der Waals surface area (Å²) in [6.07, 6.45) is 2.15. The molecular formula is C16H24ClNO2. The fourth-order valence-corrected chi connectivity index (χ4v) is 2.69. The molecule has 1 aromatic carbocycles. The first-order valence-corrected chi connectivity index (χ1v) is 7.82. The minimum atomic E-state index is 0.307. The van der Waals surface area contributed by atoms with Crippen LogP contribution in [0.25, 0.3) is 0 Å². The average Bonchev–Trinajstić information content (AvgIpc) is 2.47. The molecular weight excluding hydrogens is 274 g/mol. The molecule has 1 heterocycles. The van der Waals surface area contributed by atoms with Crippen molar-refractivity contribution in [2.24, 2.45) is 5.92 Å². The van der Waals surface area contributed by atoms with Crippen molar-refractivity contribution < 1.29 is 9.47 Å². The zero-order valence-electron chi connectivity index (χ0n) is 12.3. The van der Waals surface area contributed by atoms with Gasteiger partial charge in [-0.05, 0) is 49.9 Å². The lowest BCUT2D eigenvalue weighted by Crippen LogP contribution is -2.21. The number of hydrogen-bond acceptors (Lipinski definition) is 3. The van der Waals surface area contributed by atoms with E-state index in [4.69, 9.17) is 21.1 Å². The molecule has 0 amide bonds. The van der Waals surface area contributed by atoms with Gasteiger partial charge in [0.2, 0.25) is 0 Å². The van der Waals surface area contributed by atoms with Gasteiger partial charge in [0.25, 0.3) is 0 Å². The lowest BCUT2D eigenvalue weighted by molar-refractivity contribution is 0.0498. The highest BCUT2D eigenvalue weighted by molar-refractivity contribution is 6.32. The van der Waals surface area contributed by atoms with E-state index in [0.29, 0.717) is 17.0 Å². The predicted octanol–water partition coefficient (Wildman–Crippen LogP) is 3.82. The zero-order valence-corrected chi connectivity index (χ0v) is 13.1. The molecule has 1 atom stereocenters. The smallest absolute Gasteiger partial charge is 0.137 e. The molecule has 0 radical (unpaired) electrons. The van der Waals surface area contributed by atoms with Crippen LogP contribution in [-0.4, -0.2) is 26.4 Å². The van der Waals surface area contributed by atoms with Crippen molar-refractivity contribution in [1.29, 1.82) is 0 Å². The summed E-state index contributed by atoms with van der Waals surface area (Å²) in [5.41, 5.74) is 1.19. The van der Waals surface area contributed by atoms with Crippen LogP contribution in [-0.2, 0) is 4.74 Å². The van der Waals surface area contributed by atoms with Gasteiger partial charge in [-0.25, -0.2) is 0 Å². The Hall–Kier alpha value is -0.770. The van der Waals surface area contributed by atoms with Crippen LogP contribution in [0.1, 0.15) is 38.3 Å². The van der Waals surface area contributed by atoms with Crippen molar-refractivity contribution in [1.82, 2.24) is 5.32 Å². The van der Waals surface area contributed by atoms with Gasteiger partial charge in [-0.2, -0.15) is 0 Å². The Morgan fingerprint density at radius 3 is 2.80 bits per heavy atom. The maximum Gasteiger partial charge on any atom is 0.137 e. The first-order chi connectivity index (χ1) is 9.70. The van der Waals surface area contributed by atoms with Crippen molar-refractivity contribution in [2.45, 2.75) is 32.7 Å². The molecule has 20 heavy (non-hydrogen) atoms. The molecule has 2 rings (SSSR count). The monoisotopic (exact) mass is 297 g/mol. The largest absolute Gasteiger partial charge is 0.492 e. The molecule has 1 aliphatic heterocycles. The lowest BCUT2D eigenvalue weighted by Gasteiger charge is -2.22. The van der Waals surface area contributed by atoms with E-state index in [1.165, 1.54) is 5.56 Å². The third-order valence-corrected chi connectivity index (χ3v) is 4.08. The van der Waals surface area contributed by atoms with Crippen LogP contribution in [0.5, 0.6) is 5.75 Å². The Bertz CT molecular complexity index is 419. The van der Waals surface area contributed by atoms with E-state index >= 15 is 0 Å². The van der Waals surface area contributed by atoms with Crippen LogP contribution >= 0.6 is 11.6 Å². The van der Waals surface area contributed by atoms with Crippen LogP contribution in [0.4, 0.5) is 0 Å². The molecule has 1 unspecified atom stereocenters. The Kier molecular flexibility index (Phi) is 6.14. The van der Waals surface area contributed by atoms with Crippen molar-refractivity contribution >= 4 is 11.6 Å². The third-order valence-electron chi connectivity index (χ3n) is 3.78. The van der Waals surface area contributed by atoms with E-state index in [1.807, 2.05) is 12.1 Å². The second-order valence-electron chi connectivity index (χ2n) is 5.34. The maximum atomic E-state index is 6.31. The van der Waals surface area contributed by atoms with E-state index < -0.39 is 0 Å². The fraction of sp³-hybridized carbons (Fsp3) is 0.625. The maximum absolute atomic E-state index is 6.31. The van der Waals surface area contributed by atoms with Gasteiger partial charge in [0, 0.05) is 19.3 Å². The highest BCUT2D eigenvalue weighted by atomic mass is 35.5. The minimum Gasteiger partial charge on any atom is -0.492 e. The molecule has 0 spiro atoms. The molecule has 1 aliphatic rings. The minimum absolute atomic E-state index is 0.307. The van der Waals surface area contributed by atoms with Gasteiger partial charge in [0.15, 0.2) is 0 Å². The molecule has 0 bridgehead atoms. The van der Waals surface area contributed by atoms with Gasteiger partial charge in [-0.15, -0.1) is 0 Å². The van der Waals surface area contributed by atoms with Gasteiger partial charge < -0.3 is 14.8 Å². The Labute approximate surface area is 126 Å². The van der Waals surface area contributed by atoms with E-state index in [9.17, 15) is 0 Å². The van der Waals surface area contributed by atoms with E-state index in [2.05, 4.69) is 25.2 Å². The van der Waals surface area contributed by atoms with Gasteiger partial charge >= 0.3 is 0 Å². The number of nitrogens with one attached hydrogen (secondary N) is 1. The summed E-state index contributed by atoms with van der Waals surface area (Å²) in [5, 5.41) is 4.07. The SMILES string of the molecule is CCNC(C)c1ccc(OCC2CCOCC2)c(Cl)c1. The van der Waals surface area contributed by atoms with Gasteiger partial charge in [-0.3, -0.25) is 0 Å². The van der Waals surface area contributed by atoms with E-state index in [1.54, 1.807) is 0 Å². The molecule has 1 N–H and O–H groups in total. The highest BCUT2D eigenvalue weighted by Gasteiger charge is 2.15. The second-order valence-corrected chi connectivity index (χ2v) is 5.74. The molecule has 1 saturated heterocycles. The first-order valence-electron chi connectivity index (χ1n) is 7.44. The highest BCUT2D eigenvalue weighted by Crippen LogP contribution is 2.29. The molecule has 0 aliphatic carbocycles. The van der Waals surface area contributed by atoms with E-state index in [-0.39, 0.29) is 0 Å². The van der Waals surface area contributed by atoms with Crippen molar-refractivity contribution in [2.75, 3.05) is 26.4 Å². The number of ether oxygens (including phenoxy) is 2. The summed E-state index contributed by atoms with van der Waals surface area (Å²) in [4.78, 5) is 0. The zero-order chi connectivity index (χ0) is 14.4. The second kappa shape index (κ2) is 7.87. The van der Waals surface area contributed by atoms with Gasteiger partial charge in [0.1, 0.15) is 5.75 Å². The van der Waals surface area contributed by atoms with Gasteiger partial charge in [-0.1, -0.05) is 24.6 Å². The van der Waals surface area contributed by atoms with Crippen LogP contribution < -0.4 is 10.1 Å². The first kappa shape index (κ1) is 15.6. The molecule has 1 fully saturated rings. The summed E-state index contributed by atoms with van der Waals surface area (Å²) in [5.74, 6) is 1.37. The molecule has 0 saturated carbocycles. The van der Waals surface area contributed by atoms with Gasteiger partial charge in [0.05, 0.1) is 11.6 Å². The predicted molar refractivity (Wildman–Crippen MR) is 82.6 cm³/mol. The number of hydrogen-bond donors (Lipinski definition) is 1. The van der Waals surface area contributed by atoms with Crippen LogP contribution in [0.2, 0.25) is 5.02 Å². The number of rotatable bonds is 6. The third kappa shape index (κ3) is 4.37. The van der Waals surface area contributed by atoms with Crippen molar-refractivity contribution in [3.05, 3.63) is 28.8 Å². The van der Waals surface area contributed by atoms with Crippen molar-refractivity contribution in [3.8, 4) is 5.75 Å². The standard InChI is InChI=1S/C16H24ClNO2/c1-3-18-12(2)14-4-5-16(15(17)10-14)20-11-13-6-8-19-9-7-13/h4-5,10,12-13,18H,3,6-9,11H2,1-2H3. The summed E-state index contributed by atoms with van der Waals surface area (Å²) in [6, 6.07) is 6.36. The quantitative estimate of drug-likeness (QED) is 0.866. The topological polar surface area (TPSA) is 30.5 Å².